The quantitative estimate of drug-likeness (QED) is 0.793. The molecule has 0 fully saturated rings. The fourth-order valence-electron chi connectivity index (χ4n) is 1.95. The Kier molecular flexibility index (Phi) is 5.16. The normalized spacial score (nSPS) is 13.5. The maximum atomic E-state index is 12.0. The van der Waals surface area contributed by atoms with Crippen LogP contribution in [0, 0.1) is 12.8 Å². The van der Waals surface area contributed by atoms with Gasteiger partial charge >= 0.3 is 6.03 Å². The monoisotopic (exact) mass is 302 g/mol. The Morgan fingerprint density at radius 3 is 2.64 bits per heavy atom. The Hall–Kier alpha value is -2.34. The summed E-state index contributed by atoms with van der Waals surface area (Å²) in [6.45, 7) is 5.65. The van der Waals surface area contributed by atoms with Crippen molar-refractivity contribution in [3.8, 4) is 5.69 Å². The summed E-state index contributed by atoms with van der Waals surface area (Å²) in [6.07, 6.45) is 1.87. The number of aromatic nitrogens is 2. The molecule has 1 heterocycles. The van der Waals surface area contributed by atoms with Crippen LogP contribution in [-0.2, 0) is 0 Å². The van der Waals surface area contributed by atoms with Gasteiger partial charge in [-0.15, -0.1) is 5.10 Å². The third kappa shape index (κ3) is 3.85. The molecule has 2 aromatic rings. The molecule has 2 unspecified atom stereocenters. The Labute approximate surface area is 130 Å². The molecule has 2 amide bonds. The SMILES string of the molecule is Cc1cn(-c2ccccc2)nc1NC(=O)NC(C)C(C)CO. The van der Waals surface area contributed by atoms with Gasteiger partial charge in [-0.25, -0.2) is 9.48 Å². The van der Waals surface area contributed by atoms with E-state index in [0.29, 0.717) is 5.82 Å². The second kappa shape index (κ2) is 7.09. The van der Waals surface area contributed by atoms with Gasteiger partial charge in [0.05, 0.1) is 5.69 Å². The number of hydrogen-bond donors (Lipinski definition) is 3. The van der Waals surface area contributed by atoms with E-state index in [-0.39, 0.29) is 24.6 Å². The lowest BCUT2D eigenvalue weighted by Gasteiger charge is -2.19. The van der Waals surface area contributed by atoms with Crippen LogP contribution in [0.4, 0.5) is 10.6 Å². The number of para-hydroxylation sites is 1. The molecule has 1 aromatic carbocycles. The minimum Gasteiger partial charge on any atom is -0.396 e. The highest BCUT2D eigenvalue weighted by Crippen LogP contribution is 2.15. The zero-order chi connectivity index (χ0) is 16.1. The predicted octanol–water partition coefficient (Wildman–Crippen LogP) is 2.32. The Bertz CT molecular complexity index is 624. The average molecular weight is 302 g/mol. The summed E-state index contributed by atoms with van der Waals surface area (Å²) in [4.78, 5) is 12.0. The van der Waals surface area contributed by atoms with Gasteiger partial charge in [-0.05, 0) is 31.9 Å². The van der Waals surface area contributed by atoms with E-state index in [2.05, 4.69) is 15.7 Å². The van der Waals surface area contributed by atoms with Crippen molar-refractivity contribution in [3.63, 3.8) is 0 Å². The van der Waals surface area contributed by atoms with Gasteiger partial charge in [-0.3, -0.25) is 5.32 Å². The number of benzene rings is 1. The van der Waals surface area contributed by atoms with Crippen molar-refractivity contribution in [3.05, 3.63) is 42.1 Å². The fraction of sp³-hybridized carbons (Fsp3) is 0.375. The molecule has 6 nitrogen and oxygen atoms in total. The van der Waals surface area contributed by atoms with E-state index < -0.39 is 0 Å². The second-order valence-electron chi connectivity index (χ2n) is 5.49. The number of aryl methyl sites for hydroxylation is 1. The first-order valence-electron chi connectivity index (χ1n) is 7.31. The molecule has 1 aromatic heterocycles. The third-order valence-electron chi connectivity index (χ3n) is 3.65. The molecule has 6 heteroatoms. The number of aliphatic hydroxyl groups is 1. The van der Waals surface area contributed by atoms with Crippen LogP contribution in [0.5, 0.6) is 0 Å². The second-order valence-corrected chi connectivity index (χ2v) is 5.49. The topological polar surface area (TPSA) is 79.2 Å². The Morgan fingerprint density at radius 1 is 1.32 bits per heavy atom. The summed E-state index contributed by atoms with van der Waals surface area (Å²) >= 11 is 0. The number of hydrogen-bond acceptors (Lipinski definition) is 3. The molecular weight excluding hydrogens is 280 g/mol. The van der Waals surface area contributed by atoms with Crippen LogP contribution in [-0.4, -0.2) is 33.6 Å². The first-order valence-corrected chi connectivity index (χ1v) is 7.31. The van der Waals surface area contributed by atoms with Crippen LogP contribution in [0.1, 0.15) is 19.4 Å². The number of carbonyl (C=O) groups excluding carboxylic acids is 1. The number of carbonyl (C=O) groups is 1. The number of amides is 2. The summed E-state index contributed by atoms with van der Waals surface area (Å²) < 4.78 is 1.73. The molecule has 0 aliphatic heterocycles. The number of nitrogens with one attached hydrogen (secondary N) is 2. The number of nitrogens with zero attached hydrogens (tertiary/aromatic N) is 2. The molecule has 2 rings (SSSR count). The molecule has 118 valence electrons. The molecule has 0 bridgehead atoms. The molecule has 0 saturated heterocycles. The molecule has 2 atom stereocenters. The number of rotatable bonds is 5. The van der Waals surface area contributed by atoms with Crippen molar-refractivity contribution in [2.75, 3.05) is 11.9 Å². The lowest BCUT2D eigenvalue weighted by atomic mass is 10.1. The van der Waals surface area contributed by atoms with Crippen molar-refractivity contribution in [2.45, 2.75) is 26.8 Å². The lowest BCUT2D eigenvalue weighted by Crippen LogP contribution is -2.41. The van der Waals surface area contributed by atoms with E-state index in [1.165, 1.54) is 0 Å². The number of aliphatic hydroxyl groups excluding tert-OH is 1. The Morgan fingerprint density at radius 2 is 2.00 bits per heavy atom. The van der Waals surface area contributed by atoms with Crippen LogP contribution >= 0.6 is 0 Å². The van der Waals surface area contributed by atoms with Crippen molar-refractivity contribution < 1.29 is 9.90 Å². The van der Waals surface area contributed by atoms with Crippen molar-refractivity contribution in [1.82, 2.24) is 15.1 Å². The van der Waals surface area contributed by atoms with Gasteiger partial charge < -0.3 is 10.4 Å². The molecular formula is C16H22N4O2. The first kappa shape index (κ1) is 16.0. The maximum Gasteiger partial charge on any atom is 0.320 e. The fourth-order valence-corrected chi connectivity index (χ4v) is 1.95. The molecule has 0 aliphatic rings. The zero-order valence-corrected chi connectivity index (χ0v) is 13.1. The lowest BCUT2D eigenvalue weighted by molar-refractivity contribution is 0.204. The summed E-state index contributed by atoms with van der Waals surface area (Å²) in [5.74, 6) is 0.513. The first-order chi connectivity index (χ1) is 10.5. The van der Waals surface area contributed by atoms with Gasteiger partial charge in [0.15, 0.2) is 5.82 Å². The van der Waals surface area contributed by atoms with Crippen LogP contribution in [0.15, 0.2) is 36.5 Å². The summed E-state index contributed by atoms with van der Waals surface area (Å²) in [7, 11) is 0. The molecule has 3 N–H and O–H groups in total. The van der Waals surface area contributed by atoms with E-state index in [1.54, 1.807) is 4.68 Å². The number of anilines is 1. The van der Waals surface area contributed by atoms with Crippen LogP contribution in [0.2, 0.25) is 0 Å². The van der Waals surface area contributed by atoms with E-state index in [4.69, 9.17) is 5.11 Å². The van der Waals surface area contributed by atoms with Crippen molar-refractivity contribution in [2.24, 2.45) is 5.92 Å². The highest BCUT2D eigenvalue weighted by Gasteiger charge is 2.15. The van der Waals surface area contributed by atoms with Gasteiger partial charge in [-0.1, -0.05) is 25.1 Å². The molecule has 0 saturated carbocycles. The summed E-state index contributed by atoms with van der Waals surface area (Å²) in [5, 5.41) is 19.0. The number of urea groups is 1. The van der Waals surface area contributed by atoms with Crippen LogP contribution in [0.25, 0.3) is 5.69 Å². The maximum absolute atomic E-state index is 12.0. The summed E-state index contributed by atoms with van der Waals surface area (Å²) in [6, 6.07) is 9.25. The van der Waals surface area contributed by atoms with Gasteiger partial charge in [0.1, 0.15) is 0 Å². The van der Waals surface area contributed by atoms with Gasteiger partial charge in [0.25, 0.3) is 0 Å². The third-order valence-corrected chi connectivity index (χ3v) is 3.65. The smallest absolute Gasteiger partial charge is 0.320 e. The molecule has 0 spiro atoms. The highest BCUT2D eigenvalue weighted by atomic mass is 16.3. The minimum atomic E-state index is -0.325. The van der Waals surface area contributed by atoms with Crippen LogP contribution in [0.3, 0.4) is 0 Å². The average Bonchev–Trinajstić information content (AvgIpc) is 2.88. The van der Waals surface area contributed by atoms with Crippen molar-refractivity contribution >= 4 is 11.8 Å². The van der Waals surface area contributed by atoms with E-state index in [0.717, 1.165) is 11.3 Å². The molecule has 0 aliphatic carbocycles. The Balaban J connectivity index is 2.05. The molecule has 22 heavy (non-hydrogen) atoms. The van der Waals surface area contributed by atoms with E-state index in [9.17, 15) is 4.79 Å². The predicted molar refractivity (Wildman–Crippen MR) is 86.2 cm³/mol. The van der Waals surface area contributed by atoms with Gasteiger partial charge in [0.2, 0.25) is 0 Å². The summed E-state index contributed by atoms with van der Waals surface area (Å²) in [5.41, 5.74) is 1.81. The zero-order valence-electron chi connectivity index (χ0n) is 13.1. The van der Waals surface area contributed by atoms with E-state index >= 15 is 0 Å². The van der Waals surface area contributed by atoms with Crippen molar-refractivity contribution in [1.29, 1.82) is 0 Å². The highest BCUT2D eigenvalue weighted by molar-refractivity contribution is 5.89. The minimum absolute atomic E-state index is 0.00581. The largest absolute Gasteiger partial charge is 0.396 e. The van der Waals surface area contributed by atoms with Gasteiger partial charge in [0, 0.05) is 24.4 Å². The molecule has 0 radical (unpaired) electrons. The van der Waals surface area contributed by atoms with E-state index in [1.807, 2.05) is 57.3 Å². The van der Waals surface area contributed by atoms with Gasteiger partial charge in [-0.2, -0.15) is 0 Å². The standard InChI is InChI=1S/C16H22N4O2/c1-11-9-20(14-7-5-4-6-8-14)19-15(11)18-16(22)17-13(3)12(2)10-21/h4-9,12-13,21H,10H2,1-3H3,(H2,17,18,19,22). The van der Waals surface area contributed by atoms with Crippen LogP contribution < -0.4 is 10.6 Å².